The first kappa shape index (κ1) is 22.7. The summed E-state index contributed by atoms with van der Waals surface area (Å²) < 4.78 is 13.2. The molecule has 3 aromatic carbocycles. The molecule has 0 spiro atoms. The van der Waals surface area contributed by atoms with Gasteiger partial charge in [0.2, 0.25) is 17.2 Å². The van der Waals surface area contributed by atoms with E-state index in [1.54, 1.807) is 24.3 Å². The van der Waals surface area contributed by atoms with Crippen molar-refractivity contribution in [2.24, 2.45) is 0 Å². The molecule has 174 valence electrons. The van der Waals surface area contributed by atoms with E-state index in [-0.39, 0.29) is 17.7 Å². The van der Waals surface area contributed by atoms with E-state index >= 15 is 0 Å². The Morgan fingerprint density at radius 1 is 0.706 bits per heavy atom. The van der Waals surface area contributed by atoms with Crippen LogP contribution < -0.4 is 0 Å². The van der Waals surface area contributed by atoms with E-state index in [4.69, 9.17) is 9.47 Å². The molecule has 1 aliphatic carbocycles. The Balaban J connectivity index is 1.61. The van der Waals surface area contributed by atoms with Gasteiger partial charge in [-0.25, -0.2) is 0 Å². The minimum Gasteiger partial charge on any atom is -0.371 e. The maximum atomic E-state index is 14.2. The molecule has 0 N–H and O–H groups in total. The van der Waals surface area contributed by atoms with Gasteiger partial charge in [-0.3, -0.25) is 9.59 Å². The van der Waals surface area contributed by atoms with Crippen LogP contribution in [0.3, 0.4) is 0 Å². The molecule has 0 bridgehead atoms. The highest BCUT2D eigenvalue weighted by Crippen LogP contribution is 2.46. The summed E-state index contributed by atoms with van der Waals surface area (Å²) in [6.07, 6.45) is 4.71. The van der Waals surface area contributed by atoms with Gasteiger partial charge in [0.25, 0.3) is 0 Å². The van der Waals surface area contributed by atoms with Crippen molar-refractivity contribution in [1.82, 2.24) is 0 Å². The standard InChI is InChI=1S/C30H30O4/c31-28(23-15-7-2-8-16-23)30(29(32)24-17-9-3-10-18-24)27(33-25-19-11-4-12-20-25)21-26(34-30)22-13-5-1-6-14-22/h1-3,5-10,13-18,25-27H,4,11-12,19-21H2. The van der Waals surface area contributed by atoms with E-state index in [0.717, 1.165) is 31.2 Å². The molecule has 0 radical (unpaired) electrons. The number of Topliss-reactive ketones (excluding diaryl/α,β-unsaturated/α-hetero) is 2. The average Bonchev–Trinajstić information content (AvgIpc) is 3.30. The van der Waals surface area contributed by atoms with Crippen LogP contribution in [0.4, 0.5) is 0 Å². The average molecular weight is 455 g/mol. The monoisotopic (exact) mass is 454 g/mol. The highest BCUT2D eigenvalue weighted by molar-refractivity contribution is 6.23. The fourth-order valence-corrected chi connectivity index (χ4v) is 5.28. The summed E-state index contributed by atoms with van der Waals surface area (Å²) in [5.41, 5.74) is 0.125. The van der Waals surface area contributed by atoms with E-state index in [1.165, 1.54) is 6.42 Å². The first-order valence-corrected chi connectivity index (χ1v) is 12.3. The number of ether oxygens (including phenoxy) is 2. The summed E-state index contributed by atoms with van der Waals surface area (Å²) >= 11 is 0. The van der Waals surface area contributed by atoms with E-state index in [9.17, 15) is 9.59 Å². The van der Waals surface area contributed by atoms with Crippen molar-refractivity contribution in [3.63, 3.8) is 0 Å². The Morgan fingerprint density at radius 2 is 1.21 bits per heavy atom. The lowest BCUT2D eigenvalue weighted by Crippen LogP contribution is -2.55. The number of ketones is 2. The molecule has 4 heteroatoms. The fraction of sp³-hybridized carbons (Fsp3) is 0.333. The van der Waals surface area contributed by atoms with Crippen LogP contribution in [-0.4, -0.2) is 29.4 Å². The molecule has 2 unspecified atom stereocenters. The first-order chi connectivity index (χ1) is 16.7. The largest absolute Gasteiger partial charge is 0.371 e. The lowest BCUT2D eigenvalue weighted by atomic mass is 9.80. The van der Waals surface area contributed by atoms with Crippen LogP contribution in [0.1, 0.15) is 70.9 Å². The third kappa shape index (κ3) is 4.36. The molecule has 1 heterocycles. The van der Waals surface area contributed by atoms with E-state index < -0.39 is 17.8 Å². The fourth-order valence-electron chi connectivity index (χ4n) is 5.28. The third-order valence-electron chi connectivity index (χ3n) is 7.04. The predicted molar refractivity (Wildman–Crippen MR) is 131 cm³/mol. The summed E-state index contributed by atoms with van der Waals surface area (Å²) in [6, 6.07) is 27.8. The van der Waals surface area contributed by atoms with Crippen molar-refractivity contribution in [2.75, 3.05) is 0 Å². The normalized spacial score (nSPS) is 22.4. The molecule has 3 aromatic rings. The second kappa shape index (κ2) is 10.0. The zero-order valence-electron chi connectivity index (χ0n) is 19.3. The lowest BCUT2D eigenvalue weighted by molar-refractivity contribution is -0.0888. The molecule has 1 saturated heterocycles. The summed E-state index contributed by atoms with van der Waals surface area (Å²) in [5, 5.41) is 0. The van der Waals surface area contributed by atoms with Crippen molar-refractivity contribution in [3.8, 4) is 0 Å². The molecule has 0 aromatic heterocycles. The molecule has 0 amide bonds. The van der Waals surface area contributed by atoms with Crippen molar-refractivity contribution in [3.05, 3.63) is 108 Å². The van der Waals surface area contributed by atoms with Crippen molar-refractivity contribution >= 4 is 11.6 Å². The quantitative estimate of drug-likeness (QED) is 0.307. The van der Waals surface area contributed by atoms with Crippen LogP contribution in [-0.2, 0) is 9.47 Å². The van der Waals surface area contributed by atoms with Gasteiger partial charge in [-0.05, 0) is 18.4 Å². The van der Waals surface area contributed by atoms with Gasteiger partial charge in [0, 0.05) is 17.5 Å². The van der Waals surface area contributed by atoms with Crippen molar-refractivity contribution < 1.29 is 19.1 Å². The van der Waals surface area contributed by atoms with Crippen LogP contribution in [0, 0.1) is 0 Å². The first-order valence-electron chi connectivity index (χ1n) is 12.3. The van der Waals surface area contributed by atoms with Gasteiger partial charge < -0.3 is 9.47 Å². The number of benzene rings is 3. The van der Waals surface area contributed by atoms with Gasteiger partial charge in [0.1, 0.15) is 6.10 Å². The Labute approximate surface area is 200 Å². The molecule has 34 heavy (non-hydrogen) atoms. The summed E-state index contributed by atoms with van der Waals surface area (Å²) in [6.45, 7) is 0. The van der Waals surface area contributed by atoms with Crippen molar-refractivity contribution in [2.45, 2.75) is 62.4 Å². The zero-order chi connectivity index (χ0) is 23.4. The van der Waals surface area contributed by atoms with Crippen LogP contribution in [0.5, 0.6) is 0 Å². The molecule has 2 atom stereocenters. The summed E-state index contributed by atoms with van der Waals surface area (Å²) in [7, 11) is 0. The minimum atomic E-state index is -1.74. The molecular formula is C30H30O4. The second-order valence-electron chi connectivity index (χ2n) is 9.26. The summed E-state index contributed by atoms with van der Waals surface area (Å²) in [4.78, 5) is 28.4. The van der Waals surface area contributed by atoms with Gasteiger partial charge in [0.05, 0.1) is 12.2 Å². The molecule has 5 rings (SSSR count). The molecule has 4 nitrogen and oxygen atoms in total. The van der Waals surface area contributed by atoms with Crippen LogP contribution in [0.2, 0.25) is 0 Å². The molecular weight excluding hydrogens is 424 g/mol. The maximum Gasteiger partial charge on any atom is 0.220 e. The Kier molecular flexibility index (Phi) is 6.70. The highest BCUT2D eigenvalue weighted by atomic mass is 16.6. The number of hydrogen-bond acceptors (Lipinski definition) is 4. The molecule has 2 aliphatic rings. The topological polar surface area (TPSA) is 52.6 Å². The molecule has 2 fully saturated rings. The predicted octanol–water partition coefficient (Wildman–Crippen LogP) is 6.37. The van der Waals surface area contributed by atoms with E-state index in [2.05, 4.69) is 0 Å². The molecule has 1 aliphatic heterocycles. The molecule has 1 saturated carbocycles. The summed E-state index contributed by atoms with van der Waals surface area (Å²) in [5.74, 6) is -0.664. The maximum absolute atomic E-state index is 14.2. The van der Waals surface area contributed by atoms with Crippen molar-refractivity contribution in [1.29, 1.82) is 0 Å². The zero-order valence-corrected chi connectivity index (χ0v) is 19.3. The number of hydrogen-bond donors (Lipinski definition) is 0. The smallest absolute Gasteiger partial charge is 0.220 e. The Hall–Kier alpha value is -3.08. The van der Waals surface area contributed by atoms with Crippen LogP contribution in [0.25, 0.3) is 0 Å². The van der Waals surface area contributed by atoms with E-state index in [1.807, 2.05) is 66.7 Å². The SMILES string of the molecule is O=C(c1ccccc1)C1(C(=O)c2ccccc2)OC(c2ccccc2)CC1OC1CCCCC1. The van der Waals surface area contributed by atoms with Gasteiger partial charge >= 0.3 is 0 Å². The van der Waals surface area contributed by atoms with Gasteiger partial charge in [-0.1, -0.05) is 110 Å². The highest BCUT2D eigenvalue weighted by Gasteiger charge is 2.61. The Morgan fingerprint density at radius 3 is 1.74 bits per heavy atom. The van der Waals surface area contributed by atoms with Gasteiger partial charge in [-0.15, -0.1) is 0 Å². The number of carbonyl (C=O) groups is 2. The van der Waals surface area contributed by atoms with Crippen LogP contribution >= 0.6 is 0 Å². The number of carbonyl (C=O) groups excluding carboxylic acids is 2. The second-order valence-corrected chi connectivity index (χ2v) is 9.26. The minimum absolute atomic E-state index is 0.0309. The van der Waals surface area contributed by atoms with Gasteiger partial charge in [-0.2, -0.15) is 0 Å². The lowest BCUT2D eigenvalue weighted by Gasteiger charge is -2.35. The number of rotatable bonds is 7. The Bertz CT molecular complexity index is 1050. The van der Waals surface area contributed by atoms with Crippen LogP contribution in [0.15, 0.2) is 91.0 Å². The van der Waals surface area contributed by atoms with Gasteiger partial charge in [0.15, 0.2) is 0 Å². The third-order valence-corrected chi connectivity index (χ3v) is 7.04. The van der Waals surface area contributed by atoms with E-state index in [0.29, 0.717) is 17.5 Å².